The van der Waals surface area contributed by atoms with Crippen molar-refractivity contribution >= 4 is 88.3 Å². The molecule has 20 rings (SSSR count). The second kappa shape index (κ2) is 29.9. The quantitative estimate of drug-likeness (QED) is 0.138. The number of rotatable bonds is 8. The Labute approximate surface area is 660 Å². The monoisotopic (exact) mass is 1480 g/mol. The molecule has 12 heteroatoms. The molecule has 12 nitrogen and oxygen atoms in total. The van der Waals surface area contributed by atoms with Crippen molar-refractivity contribution in [1.29, 1.82) is 0 Å². The SMILES string of the molecule is Cc1c[n+](C)c(-c2c(C)cc(C)c3c2oc2ncccc23)cc1-c1ccccc1.Cc1cc(C)c2c(oc3ncccc32)c1-c1cc(-c2ccccc2)cc[n+]1C.Cc1ccc2c(oc3ncccc32)c1-c1cc(-c2ccccc2)cc[n+]1C.[2H]C([2H])([2H])c1cc(C)c(-c2cc(-c3ccccc3)c(C)c[n+]2C)c2oc3ncccc3c12. The summed E-state index contributed by atoms with van der Waals surface area (Å²) in [6.07, 6.45) is 15.5. The zero-order valence-electron chi connectivity index (χ0n) is 68.3. The van der Waals surface area contributed by atoms with Crippen molar-refractivity contribution in [3.63, 3.8) is 0 Å². The van der Waals surface area contributed by atoms with Gasteiger partial charge in [-0.25, -0.2) is 38.2 Å². The average molecular weight is 1480 g/mol. The van der Waals surface area contributed by atoms with E-state index in [9.17, 15) is 0 Å². The number of aromatic nitrogens is 8. The topological polar surface area (TPSA) is 120 Å². The van der Waals surface area contributed by atoms with E-state index in [2.05, 4.69) is 302 Å². The Hall–Kier alpha value is -13.8. The number of furan rings is 4. The lowest BCUT2D eigenvalue weighted by Crippen LogP contribution is -2.31. The summed E-state index contributed by atoms with van der Waals surface area (Å²) in [4.78, 5) is 17.6. The summed E-state index contributed by atoms with van der Waals surface area (Å²) in [5.41, 5.74) is 33.4. The molecule has 0 aliphatic rings. The molecule has 8 aromatic carbocycles. The van der Waals surface area contributed by atoms with Crippen LogP contribution in [0.5, 0.6) is 0 Å². The lowest BCUT2D eigenvalue weighted by atomic mass is 9.94. The smallest absolute Gasteiger partial charge is 0.227 e. The Morgan fingerprint density at radius 3 is 0.973 bits per heavy atom. The lowest BCUT2D eigenvalue weighted by Gasteiger charge is -2.11. The highest BCUT2D eigenvalue weighted by Gasteiger charge is 2.29. The predicted molar refractivity (Wildman–Crippen MR) is 457 cm³/mol. The molecular weight excluding hydrogens is 1390 g/mol. The molecule has 0 saturated carbocycles. The second-order valence-corrected chi connectivity index (χ2v) is 29.5. The van der Waals surface area contributed by atoms with E-state index in [0.29, 0.717) is 44.8 Å². The van der Waals surface area contributed by atoms with Crippen LogP contribution in [0.15, 0.2) is 304 Å². The minimum atomic E-state index is -2.27. The van der Waals surface area contributed by atoms with Crippen LogP contribution < -0.4 is 18.3 Å². The Morgan fingerprint density at radius 2 is 0.584 bits per heavy atom. The Kier molecular flexibility index (Phi) is 18.1. The molecule has 0 N–H and O–H groups in total. The van der Waals surface area contributed by atoms with Crippen molar-refractivity contribution < 1.29 is 40.0 Å². The molecule has 113 heavy (non-hydrogen) atoms. The van der Waals surface area contributed by atoms with Crippen LogP contribution in [-0.2, 0) is 28.2 Å². The van der Waals surface area contributed by atoms with Gasteiger partial charge < -0.3 is 17.7 Å². The average Bonchev–Trinajstić information content (AvgIpc) is 1.53. The third kappa shape index (κ3) is 13.3. The fourth-order valence-electron chi connectivity index (χ4n) is 16.4. The van der Waals surface area contributed by atoms with Gasteiger partial charge in [-0.2, -0.15) is 0 Å². The summed E-state index contributed by atoms with van der Waals surface area (Å²) in [5, 5.41) is 7.91. The molecule has 0 atom stereocenters. The van der Waals surface area contributed by atoms with Gasteiger partial charge in [0.15, 0.2) is 47.1 Å². The maximum Gasteiger partial charge on any atom is 0.227 e. The standard InChI is InChI=1S/2C26H23N2O.C25H21N2O.C24H19N2O/c2*1-16-13-17(2)24(25-23(16)20-11-8-12-27-26(20)29-25)22-14-21(18(3)15-28(22)4)19-9-6-5-7-10-19;1-16-14-17(2)23(24-22(16)20-10-7-12-26-25(20)28-24)21-15-19(11-13-27(21)3)18-8-5-4-6-9-18;1-16-10-11-19-20-9-6-13-25-24(20)27-23(19)22(16)21-15-18(12-14-26(21)2)17-7-4-3-5-8-17/h2*5-15H,1-4H3;4-15H,1-3H3;3-15H,1-2H3/q4*+1/i1D3;;;. The van der Waals surface area contributed by atoms with Gasteiger partial charge in [0.2, 0.25) is 45.6 Å². The minimum Gasteiger partial charge on any atom is -0.437 e. The van der Waals surface area contributed by atoms with Gasteiger partial charge in [0.05, 0.1) is 22.3 Å². The van der Waals surface area contributed by atoms with Crippen molar-refractivity contribution in [3.05, 3.63) is 336 Å². The van der Waals surface area contributed by atoms with E-state index in [1.54, 1.807) is 36.9 Å². The van der Waals surface area contributed by atoms with Crippen LogP contribution in [0.3, 0.4) is 0 Å². The second-order valence-electron chi connectivity index (χ2n) is 29.5. The van der Waals surface area contributed by atoms with Gasteiger partial charge in [0, 0.05) is 120 Å². The number of fused-ring (bicyclic) bond motifs is 12. The number of benzene rings is 8. The molecule has 20 aromatic rings. The summed E-state index contributed by atoms with van der Waals surface area (Å²) < 4.78 is 57.9. The molecule has 0 aliphatic heterocycles. The van der Waals surface area contributed by atoms with Crippen molar-refractivity contribution in [3.8, 4) is 89.5 Å². The first-order chi connectivity index (χ1) is 56.1. The summed E-state index contributed by atoms with van der Waals surface area (Å²) >= 11 is 0. The lowest BCUT2D eigenvalue weighted by molar-refractivity contribution is -0.660. The van der Waals surface area contributed by atoms with Crippen molar-refractivity contribution in [2.45, 2.75) is 62.2 Å². The van der Waals surface area contributed by atoms with Crippen LogP contribution in [0.4, 0.5) is 0 Å². The summed E-state index contributed by atoms with van der Waals surface area (Å²) in [6.45, 7) is 14.7. The largest absolute Gasteiger partial charge is 0.437 e. The molecule has 0 unspecified atom stereocenters. The molecule has 0 aliphatic carbocycles. The zero-order valence-corrected chi connectivity index (χ0v) is 65.3. The first kappa shape index (κ1) is 68.4. The highest BCUT2D eigenvalue weighted by Crippen LogP contribution is 2.44. The fourth-order valence-corrected chi connectivity index (χ4v) is 16.4. The summed E-state index contributed by atoms with van der Waals surface area (Å²) in [6, 6.07) is 81.3. The molecule has 0 spiro atoms. The van der Waals surface area contributed by atoms with Gasteiger partial charge >= 0.3 is 0 Å². The molecular formula is C101H86N8O4+4. The maximum absolute atomic E-state index is 8.12. The van der Waals surface area contributed by atoms with Gasteiger partial charge in [0.25, 0.3) is 0 Å². The normalized spacial score (nSPS) is 11.9. The van der Waals surface area contributed by atoms with E-state index < -0.39 is 6.85 Å². The van der Waals surface area contributed by atoms with Gasteiger partial charge in [-0.3, -0.25) is 0 Å². The van der Waals surface area contributed by atoms with Crippen molar-refractivity contribution in [2.24, 2.45) is 28.2 Å². The van der Waals surface area contributed by atoms with Crippen LogP contribution in [0.25, 0.3) is 178 Å². The number of hydrogen-bond donors (Lipinski definition) is 0. The molecule has 12 heterocycles. The molecule has 12 aromatic heterocycles. The molecule has 0 saturated heterocycles. The third-order valence-electron chi connectivity index (χ3n) is 21.8. The highest BCUT2D eigenvalue weighted by molar-refractivity contribution is 6.14. The van der Waals surface area contributed by atoms with E-state index in [0.717, 1.165) is 116 Å². The van der Waals surface area contributed by atoms with E-state index in [1.807, 2.05) is 68.6 Å². The molecule has 0 bridgehead atoms. The summed E-state index contributed by atoms with van der Waals surface area (Å²) in [7, 11) is 8.25. The van der Waals surface area contributed by atoms with Gasteiger partial charge in [-0.05, 0) is 194 Å². The van der Waals surface area contributed by atoms with E-state index in [1.165, 1.54) is 66.8 Å². The molecule has 0 fully saturated rings. The number of hydrogen-bond acceptors (Lipinski definition) is 8. The van der Waals surface area contributed by atoms with E-state index in [-0.39, 0.29) is 0 Å². The van der Waals surface area contributed by atoms with Crippen LogP contribution >= 0.6 is 0 Å². The zero-order chi connectivity index (χ0) is 80.4. The fraction of sp³-hybridized carbons (Fsp3) is 0.129. The van der Waals surface area contributed by atoms with Crippen LogP contribution in [0, 0.1) is 62.2 Å². The van der Waals surface area contributed by atoms with Crippen LogP contribution in [-0.4, -0.2) is 19.9 Å². The third-order valence-corrected chi connectivity index (χ3v) is 21.8. The van der Waals surface area contributed by atoms with E-state index in [4.69, 9.17) is 21.8 Å². The van der Waals surface area contributed by atoms with Gasteiger partial charge in [-0.15, -0.1) is 0 Å². The summed E-state index contributed by atoms with van der Waals surface area (Å²) in [5.74, 6) is 0. The van der Waals surface area contributed by atoms with Crippen molar-refractivity contribution in [1.82, 2.24) is 19.9 Å². The van der Waals surface area contributed by atoms with Gasteiger partial charge in [-0.1, -0.05) is 152 Å². The Bertz CT molecular complexity index is 7210. The Balaban J connectivity index is 0.000000111. The Morgan fingerprint density at radius 1 is 0.257 bits per heavy atom. The van der Waals surface area contributed by atoms with E-state index >= 15 is 0 Å². The maximum atomic E-state index is 8.12. The number of aryl methyl sites for hydroxylation is 13. The highest BCUT2D eigenvalue weighted by atomic mass is 16.4. The first-order valence-corrected chi connectivity index (χ1v) is 38.0. The minimum absolute atomic E-state index is 0.290. The van der Waals surface area contributed by atoms with Gasteiger partial charge in [0.1, 0.15) is 28.2 Å². The van der Waals surface area contributed by atoms with Crippen LogP contribution in [0.2, 0.25) is 0 Å². The number of nitrogens with zero attached hydrogens (tertiary/aromatic N) is 8. The molecule has 0 radical (unpaired) electrons. The first-order valence-electron chi connectivity index (χ1n) is 39.5. The van der Waals surface area contributed by atoms with Crippen molar-refractivity contribution in [2.75, 3.05) is 0 Å². The predicted octanol–water partition coefficient (Wildman–Crippen LogP) is 23.3. The molecule has 0 amide bonds. The molecule has 550 valence electrons. The van der Waals surface area contributed by atoms with Crippen LogP contribution in [0.1, 0.15) is 54.2 Å². The number of pyridine rings is 8.